The molecule has 1 aromatic carbocycles. The highest BCUT2D eigenvalue weighted by atomic mass is 32.1. The molecule has 2 aliphatic heterocycles. The molecule has 0 saturated carbocycles. The lowest BCUT2D eigenvalue weighted by Gasteiger charge is -2.41. The second-order valence-electron chi connectivity index (χ2n) is 9.27. The highest BCUT2D eigenvalue weighted by molar-refractivity contribution is 7.19. The van der Waals surface area contributed by atoms with Gasteiger partial charge < -0.3 is 25.7 Å². The van der Waals surface area contributed by atoms with E-state index in [0.717, 1.165) is 32.4 Å². The summed E-state index contributed by atoms with van der Waals surface area (Å²) >= 11 is 1.84. The van der Waals surface area contributed by atoms with Gasteiger partial charge >= 0.3 is 5.97 Å². The van der Waals surface area contributed by atoms with Gasteiger partial charge in [-0.2, -0.15) is 0 Å². The molecule has 4 N–H and O–H groups in total. The van der Waals surface area contributed by atoms with Crippen molar-refractivity contribution in [3.05, 3.63) is 42.5 Å². The molecule has 178 valence electrons. The smallest absolute Gasteiger partial charge is 0.322 e. The van der Waals surface area contributed by atoms with Crippen LogP contribution in [0.3, 0.4) is 0 Å². The van der Waals surface area contributed by atoms with Crippen molar-refractivity contribution in [1.82, 2.24) is 10.6 Å². The fourth-order valence-electron chi connectivity index (χ4n) is 5.10. The molecule has 3 heterocycles. The molecule has 0 bridgehead atoms. The van der Waals surface area contributed by atoms with Crippen LogP contribution in [0.4, 0.5) is 5.00 Å². The number of carboxylic acid groups (broad SMARTS) is 1. The summed E-state index contributed by atoms with van der Waals surface area (Å²) in [5.74, 6) is -1.46. The normalized spacial score (nSPS) is 26.2. The first-order valence-corrected chi connectivity index (χ1v) is 12.6. The van der Waals surface area contributed by atoms with Crippen molar-refractivity contribution in [3.8, 4) is 10.4 Å². The third-order valence-corrected chi connectivity index (χ3v) is 8.10. The van der Waals surface area contributed by atoms with Gasteiger partial charge in [-0.05, 0) is 56.2 Å². The Morgan fingerprint density at radius 2 is 1.88 bits per heavy atom. The second kappa shape index (κ2) is 10.7. The van der Waals surface area contributed by atoms with Crippen LogP contribution in [0.25, 0.3) is 10.4 Å². The molecule has 2 fully saturated rings. The van der Waals surface area contributed by atoms with E-state index in [1.165, 1.54) is 15.4 Å². The lowest BCUT2D eigenvalue weighted by molar-refractivity contribution is -0.140. The minimum Gasteiger partial charge on any atom is -0.480 e. The highest BCUT2D eigenvalue weighted by Gasteiger charge is 2.39. The largest absolute Gasteiger partial charge is 0.480 e. The Morgan fingerprint density at radius 3 is 2.58 bits per heavy atom. The topological polar surface area (TPSA) is 102 Å². The summed E-state index contributed by atoms with van der Waals surface area (Å²) in [6.07, 6.45) is 2.89. The zero-order valence-corrected chi connectivity index (χ0v) is 19.8. The van der Waals surface area contributed by atoms with Gasteiger partial charge in [0.25, 0.3) is 0 Å². The maximum atomic E-state index is 12.4. The highest BCUT2D eigenvalue weighted by Crippen LogP contribution is 2.36. The average molecular weight is 472 g/mol. The number of anilines is 1. The standard InChI is InChI=1S/C25H33N3O4S/c1-16-24(31)20(25(32)26-15-23(29)30)14-19(27-16)13-17-9-11-28(12-10-17)22-8-7-21(33-22)18-5-3-2-4-6-18/h2-8,16-17,19-20,24,27,31H,9-15H2,1H3,(H,26,32)(H,29,30). The number of amides is 1. The summed E-state index contributed by atoms with van der Waals surface area (Å²) in [5.41, 5.74) is 1.25. The van der Waals surface area contributed by atoms with Gasteiger partial charge in [0.05, 0.1) is 17.0 Å². The van der Waals surface area contributed by atoms with Crippen molar-refractivity contribution < 1.29 is 19.8 Å². The van der Waals surface area contributed by atoms with Crippen LogP contribution >= 0.6 is 11.3 Å². The van der Waals surface area contributed by atoms with Crippen LogP contribution in [0, 0.1) is 11.8 Å². The van der Waals surface area contributed by atoms with E-state index in [1.807, 2.05) is 24.3 Å². The van der Waals surface area contributed by atoms with E-state index in [1.54, 1.807) is 0 Å². The summed E-state index contributed by atoms with van der Waals surface area (Å²) < 4.78 is 0. The van der Waals surface area contributed by atoms with E-state index >= 15 is 0 Å². The zero-order chi connectivity index (χ0) is 23.4. The molecular formula is C25H33N3O4S. The number of nitrogens with zero attached hydrogens (tertiary/aromatic N) is 1. The molecule has 2 aromatic rings. The minimum atomic E-state index is -1.08. The van der Waals surface area contributed by atoms with Gasteiger partial charge in [0.1, 0.15) is 6.54 Å². The summed E-state index contributed by atoms with van der Waals surface area (Å²) in [7, 11) is 0. The summed E-state index contributed by atoms with van der Waals surface area (Å²) in [6, 6.07) is 14.8. The Hall–Kier alpha value is -2.42. The number of nitrogens with one attached hydrogen (secondary N) is 2. The predicted octanol–water partition coefficient (Wildman–Crippen LogP) is 2.95. The molecule has 1 aromatic heterocycles. The van der Waals surface area contributed by atoms with Crippen LogP contribution in [-0.4, -0.2) is 59.9 Å². The number of hydrogen-bond acceptors (Lipinski definition) is 6. The van der Waals surface area contributed by atoms with Gasteiger partial charge in [0.15, 0.2) is 0 Å². The number of piperidine rings is 2. The second-order valence-corrected chi connectivity index (χ2v) is 10.3. The quantitative estimate of drug-likeness (QED) is 0.495. The average Bonchev–Trinajstić information content (AvgIpc) is 3.31. The number of aliphatic carboxylic acids is 1. The maximum Gasteiger partial charge on any atom is 0.322 e. The molecule has 0 aliphatic carbocycles. The third-order valence-electron chi connectivity index (χ3n) is 6.91. The van der Waals surface area contributed by atoms with E-state index in [4.69, 9.17) is 5.11 Å². The van der Waals surface area contributed by atoms with Crippen molar-refractivity contribution in [1.29, 1.82) is 0 Å². The van der Waals surface area contributed by atoms with Crippen molar-refractivity contribution in [2.45, 2.75) is 50.8 Å². The van der Waals surface area contributed by atoms with E-state index in [-0.39, 0.29) is 18.0 Å². The molecule has 4 atom stereocenters. The maximum absolute atomic E-state index is 12.4. The summed E-state index contributed by atoms with van der Waals surface area (Å²) in [6.45, 7) is 3.51. The molecule has 8 heteroatoms. The van der Waals surface area contributed by atoms with Crippen LogP contribution in [0.5, 0.6) is 0 Å². The van der Waals surface area contributed by atoms with Crippen LogP contribution in [0.15, 0.2) is 42.5 Å². The van der Waals surface area contributed by atoms with Crippen molar-refractivity contribution >= 4 is 28.2 Å². The number of benzene rings is 1. The van der Waals surface area contributed by atoms with Crippen LogP contribution in [-0.2, 0) is 9.59 Å². The van der Waals surface area contributed by atoms with Crippen LogP contribution < -0.4 is 15.5 Å². The molecule has 4 rings (SSSR count). The number of thiophene rings is 1. The van der Waals surface area contributed by atoms with Crippen molar-refractivity contribution in [2.24, 2.45) is 11.8 Å². The third kappa shape index (κ3) is 5.93. The number of carboxylic acids is 1. The van der Waals surface area contributed by atoms with Crippen molar-refractivity contribution in [2.75, 3.05) is 24.5 Å². The molecule has 4 unspecified atom stereocenters. The number of rotatable bonds is 7. The fraction of sp³-hybridized carbons (Fsp3) is 0.520. The van der Waals surface area contributed by atoms with Gasteiger partial charge in [0, 0.05) is 30.1 Å². The molecular weight excluding hydrogens is 438 g/mol. The van der Waals surface area contributed by atoms with Gasteiger partial charge in [-0.3, -0.25) is 9.59 Å². The molecule has 0 spiro atoms. The Kier molecular flexibility index (Phi) is 7.67. The molecule has 33 heavy (non-hydrogen) atoms. The Balaban J connectivity index is 1.29. The molecule has 0 radical (unpaired) electrons. The van der Waals surface area contributed by atoms with E-state index in [2.05, 4.69) is 51.9 Å². The lowest BCUT2D eigenvalue weighted by Crippen LogP contribution is -2.57. The Labute approximate surface area is 198 Å². The molecule has 7 nitrogen and oxygen atoms in total. The number of aliphatic hydroxyl groups is 1. The SMILES string of the molecule is CC1NC(CC2CCN(c3ccc(-c4ccccc4)s3)CC2)CC(C(=O)NCC(=O)O)C1O. The van der Waals surface area contributed by atoms with Gasteiger partial charge in [-0.25, -0.2) is 0 Å². The number of carbonyl (C=O) groups is 2. The van der Waals surface area contributed by atoms with Crippen LogP contribution in [0.1, 0.15) is 32.6 Å². The zero-order valence-electron chi connectivity index (χ0n) is 18.9. The molecule has 1 amide bonds. The first-order chi connectivity index (χ1) is 15.9. The Bertz CT molecular complexity index is 942. The monoisotopic (exact) mass is 471 g/mol. The van der Waals surface area contributed by atoms with E-state index in [9.17, 15) is 14.7 Å². The van der Waals surface area contributed by atoms with E-state index in [0.29, 0.717) is 12.3 Å². The first-order valence-electron chi connectivity index (χ1n) is 11.7. The van der Waals surface area contributed by atoms with E-state index < -0.39 is 24.5 Å². The number of aliphatic hydroxyl groups excluding tert-OH is 1. The summed E-state index contributed by atoms with van der Waals surface area (Å²) in [4.78, 5) is 27.0. The number of carbonyl (C=O) groups excluding carboxylic acids is 1. The van der Waals surface area contributed by atoms with Crippen LogP contribution in [0.2, 0.25) is 0 Å². The molecule has 2 aliphatic rings. The molecule has 2 saturated heterocycles. The minimum absolute atomic E-state index is 0.145. The lowest BCUT2D eigenvalue weighted by atomic mass is 9.80. The number of hydrogen-bond donors (Lipinski definition) is 4. The van der Waals surface area contributed by atoms with Gasteiger partial charge in [-0.15, -0.1) is 11.3 Å². The Morgan fingerprint density at radius 1 is 1.15 bits per heavy atom. The summed E-state index contributed by atoms with van der Waals surface area (Å²) in [5, 5.41) is 26.5. The predicted molar refractivity (Wildman–Crippen MR) is 130 cm³/mol. The fourth-order valence-corrected chi connectivity index (χ4v) is 6.16. The van der Waals surface area contributed by atoms with Gasteiger partial charge in [0.2, 0.25) is 5.91 Å². The van der Waals surface area contributed by atoms with Crippen molar-refractivity contribution in [3.63, 3.8) is 0 Å². The first kappa shape index (κ1) is 23.7. The van der Waals surface area contributed by atoms with Gasteiger partial charge in [-0.1, -0.05) is 30.3 Å².